The summed E-state index contributed by atoms with van der Waals surface area (Å²) < 4.78 is 13.1. The number of ether oxygens (including phenoxy) is 2. The zero-order valence-corrected chi connectivity index (χ0v) is 23.6. The SMILES string of the molecule is COCCOc1ccc(N2C(=S)N[C@@H](c3ccccn3)[C@@H]2c2cc(C)n(-c3ccc(Cl)cc3)c2C)cc1Cl. The largest absolute Gasteiger partial charge is 0.490 e. The molecule has 0 bridgehead atoms. The first-order valence-electron chi connectivity index (χ1n) is 12.3. The number of pyridine rings is 1. The monoisotopic (exact) mass is 566 g/mol. The van der Waals surface area contributed by atoms with Crippen molar-refractivity contribution in [3.63, 3.8) is 0 Å². The Hall–Kier alpha value is -3.10. The Labute approximate surface area is 238 Å². The maximum atomic E-state index is 6.65. The summed E-state index contributed by atoms with van der Waals surface area (Å²) in [6.45, 7) is 5.14. The van der Waals surface area contributed by atoms with Gasteiger partial charge in [0.25, 0.3) is 0 Å². The third-order valence-corrected chi connectivity index (χ3v) is 7.57. The molecule has 0 amide bonds. The lowest BCUT2D eigenvalue weighted by Gasteiger charge is -2.28. The Morgan fingerprint density at radius 2 is 1.74 bits per heavy atom. The molecule has 1 N–H and O–H groups in total. The van der Waals surface area contributed by atoms with Crippen molar-refractivity contribution in [1.82, 2.24) is 14.9 Å². The highest BCUT2D eigenvalue weighted by Gasteiger charge is 2.42. The van der Waals surface area contributed by atoms with Gasteiger partial charge in [-0.25, -0.2) is 0 Å². The molecule has 4 aromatic rings. The van der Waals surface area contributed by atoms with Crippen molar-refractivity contribution < 1.29 is 9.47 Å². The Bertz CT molecular complexity index is 1440. The molecule has 6 nitrogen and oxygen atoms in total. The van der Waals surface area contributed by atoms with E-state index in [0.717, 1.165) is 34.0 Å². The molecule has 1 aliphatic heterocycles. The van der Waals surface area contributed by atoms with Crippen molar-refractivity contribution in [2.45, 2.75) is 25.9 Å². The quantitative estimate of drug-likeness (QED) is 0.183. The van der Waals surface area contributed by atoms with Crippen LogP contribution in [0.25, 0.3) is 5.69 Å². The minimum atomic E-state index is -0.167. The molecular weight excluding hydrogens is 539 g/mol. The molecule has 0 radical (unpaired) electrons. The third kappa shape index (κ3) is 5.12. The average Bonchev–Trinajstić information content (AvgIpc) is 3.41. The van der Waals surface area contributed by atoms with Crippen molar-refractivity contribution in [2.24, 2.45) is 0 Å². The molecule has 196 valence electrons. The molecule has 3 heterocycles. The molecule has 0 saturated carbocycles. The molecule has 0 aliphatic carbocycles. The normalized spacial score (nSPS) is 17.1. The zero-order chi connectivity index (χ0) is 26.8. The van der Waals surface area contributed by atoms with Gasteiger partial charge < -0.3 is 24.3 Å². The molecule has 0 unspecified atom stereocenters. The van der Waals surface area contributed by atoms with Gasteiger partial charge in [-0.2, -0.15) is 0 Å². The lowest BCUT2D eigenvalue weighted by molar-refractivity contribution is 0.146. The topological polar surface area (TPSA) is 51.6 Å². The molecule has 0 spiro atoms. The minimum Gasteiger partial charge on any atom is -0.490 e. The number of hydrogen-bond acceptors (Lipinski definition) is 4. The number of hydrogen-bond donors (Lipinski definition) is 1. The van der Waals surface area contributed by atoms with Crippen LogP contribution < -0.4 is 15.0 Å². The van der Waals surface area contributed by atoms with Gasteiger partial charge in [0.2, 0.25) is 0 Å². The summed E-state index contributed by atoms with van der Waals surface area (Å²) in [5.41, 5.74) is 6.17. The van der Waals surface area contributed by atoms with Gasteiger partial charge in [0, 0.05) is 41.1 Å². The second-order valence-corrected chi connectivity index (χ2v) is 10.3. The molecule has 38 heavy (non-hydrogen) atoms. The van der Waals surface area contributed by atoms with Gasteiger partial charge in [0.15, 0.2) is 5.11 Å². The van der Waals surface area contributed by atoms with Crippen LogP contribution in [0.5, 0.6) is 5.75 Å². The second kappa shape index (κ2) is 11.3. The highest BCUT2D eigenvalue weighted by Crippen LogP contribution is 2.45. The first-order valence-corrected chi connectivity index (χ1v) is 13.4. The van der Waals surface area contributed by atoms with Crippen LogP contribution in [-0.4, -0.2) is 35.0 Å². The minimum absolute atomic E-state index is 0.166. The van der Waals surface area contributed by atoms with Crippen molar-refractivity contribution in [3.8, 4) is 11.4 Å². The van der Waals surface area contributed by atoms with E-state index >= 15 is 0 Å². The zero-order valence-electron chi connectivity index (χ0n) is 21.3. The first-order chi connectivity index (χ1) is 18.4. The third-order valence-electron chi connectivity index (χ3n) is 6.71. The summed E-state index contributed by atoms with van der Waals surface area (Å²) in [5, 5.41) is 5.34. The molecule has 2 aromatic carbocycles. The number of aromatic nitrogens is 2. The van der Waals surface area contributed by atoms with Gasteiger partial charge in [0.1, 0.15) is 12.4 Å². The van der Waals surface area contributed by atoms with Gasteiger partial charge in [0.05, 0.1) is 29.4 Å². The smallest absolute Gasteiger partial charge is 0.174 e. The van der Waals surface area contributed by atoms with Crippen molar-refractivity contribution in [3.05, 3.63) is 106 Å². The van der Waals surface area contributed by atoms with Crippen LogP contribution in [0.3, 0.4) is 0 Å². The molecule has 5 rings (SSSR count). The summed E-state index contributed by atoms with van der Waals surface area (Å²) in [6, 6.07) is 21.4. The van der Waals surface area contributed by atoms with Crippen LogP contribution in [0.2, 0.25) is 10.0 Å². The van der Waals surface area contributed by atoms with Crippen LogP contribution in [0, 0.1) is 13.8 Å². The number of methoxy groups -OCH3 is 1. The summed E-state index contributed by atoms with van der Waals surface area (Å²) in [5.74, 6) is 0.601. The van der Waals surface area contributed by atoms with Crippen molar-refractivity contribution >= 4 is 46.2 Å². The number of aryl methyl sites for hydroxylation is 1. The van der Waals surface area contributed by atoms with Gasteiger partial charge in [-0.15, -0.1) is 0 Å². The molecule has 1 aliphatic rings. The van der Waals surface area contributed by atoms with E-state index in [1.807, 2.05) is 60.7 Å². The van der Waals surface area contributed by atoms with Crippen LogP contribution in [0.1, 0.15) is 34.7 Å². The fourth-order valence-corrected chi connectivity index (χ4v) is 5.72. The Morgan fingerprint density at radius 1 is 0.974 bits per heavy atom. The Balaban J connectivity index is 1.60. The highest BCUT2D eigenvalue weighted by molar-refractivity contribution is 7.80. The first kappa shape index (κ1) is 26.5. The van der Waals surface area contributed by atoms with Crippen LogP contribution in [0.15, 0.2) is 72.9 Å². The van der Waals surface area contributed by atoms with Gasteiger partial charge in [-0.3, -0.25) is 4.98 Å². The lowest BCUT2D eigenvalue weighted by atomic mass is 9.96. The lowest BCUT2D eigenvalue weighted by Crippen LogP contribution is -2.29. The van der Waals surface area contributed by atoms with Crippen LogP contribution in [-0.2, 0) is 4.74 Å². The maximum absolute atomic E-state index is 6.65. The number of anilines is 1. The summed E-state index contributed by atoms with van der Waals surface area (Å²) in [4.78, 5) is 6.79. The molecule has 1 fully saturated rings. The van der Waals surface area contributed by atoms with E-state index in [4.69, 9.17) is 44.9 Å². The fraction of sp³-hybridized carbons (Fsp3) is 0.241. The number of nitrogens with one attached hydrogen (secondary N) is 1. The second-order valence-electron chi connectivity index (χ2n) is 9.09. The number of nitrogens with zero attached hydrogens (tertiary/aromatic N) is 3. The van der Waals surface area contributed by atoms with E-state index in [9.17, 15) is 0 Å². The fourth-order valence-electron chi connectivity index (χ4n) is 5.02. The van der Waals surface area contributed by atoms with Crippen LogP contribution in [0.4, 0.5) is 5.69 Å². The number of thiocarbonyl (C=S) groups is 1. The van der Waals surface area contributed by atoms with E-state index in [1.54, 1.807) is 13.3 Å². The number of benzene rings is 2. The van der Waals surface area contributed by atoms with Gasteiger partial charge in [-0.05, 0) is 92.3 Å². The average molecular weight is 568 g/mol. The van der Waals surface area contributed by atoms with Crippen molar-refractivity contribution in [1.29, 1.82) is 0 Å². The van der Waals surface area contributed by atoms with E-state index in [0.29, 0.717) is 34.1 Å². The molecule has 2 atom stereocenters. The predicted octanol–water partition coefficient (Wildman–Crippen LogP) is 7.00. The van der Waals surface area contributed by atoms with Crippen molar-refractivity contribution in [2.75, 3.05) is 25.2 Å². The molecule has 2 aromatic heterocycles. The van der Waals surface area contributed by atoms with E-state index in [1.165, 1.54) is 0 Å². The number of halogens is 2. The Morgan fingerprint density at radius 3 is 2.42 bits per heavy atom. The van der Waals surface area contributed by atoms with Crippen LogP contribution >= 0.6 is 35.4 Å². The Kier molecular flexibility index (Phi) is 7.91. The maximum Gasteiger partial charge on any atom is 0.174 e. The van der Waals surface area contributed by atoms with Gasteiger partial charge in [-0.1, -0.05) is 29.3 Å². The summed E-state index contributed by atoms with van der Waals surface area (Å²) in [7, 11) is 1.64. The molecule has 9 heteroatoms. The predicted molar refractivity (Wildman–Crippen MR) is 157 cm³/mol. The number of rotatable bonds is 8. The summed E-state index contributed by atoms with van der Waals surface area (Å²) >= 11 is 18.7. The van der Waals surface area contributed by atoms with E-state index < -0.39 is 0 Å². The molecular formula is C29H28Cl2N4O2S. The molecule has 1 saturated heterocycles. The van der Waals surface area contributed by atoms with E-state index in [-0.39, 0.29) is 12.1 Å². The summed E-state index contributed by atoms with van der Waals surface area (Å²) in [6.07, 6.45) is 1.81. The van der Waals surface area contributed by atoms with Gasteiger partial charge >= 0.3 is 0 Å². The van der Waals surface area contributed by atoms with E-state index in [2.05, 4.69) is 39.7 Å². The standard InChI is InChI=1S/C29H28Cl2N4O2S/c1-18-16-23(19(2)34(18)21-9-7-20(30)8-10-21)28-27(25-6-4-5-13-32-25)33-29(38)35(28)22-11-12-26(24(31)17-22)37-15-14-36-3/h4-13,16-17,27-28H,14-15H2,1-3H3,(H,33,38)/t27-,28-/m0/s1. The highest BCUT2D eigenvalue weighted by atomic mass is 35.5.